The molecule has 1 aromatic rings. The van der Waals surface area contributed by atoms with Crippen LogP contribution >= 0.6 is 11.3 Å². The zero-order chi connectivity index (χ0) is 14.8. The van der Waals surface area contributed by atoms with Crippen LogP contribution in [0, 0.1) is 11.3 Å². The summed E-state index contributed by atoms with van der Waals surface area (Å²) >= 11 is 1.47. The number of nitrogens with zero attached hydrogens (tertiary/aromatic N) is 1. The maximum absolute atomic E-state index is 11.7. The molecule has 5 heteroatoms. The molecule has 1 atom stereocenters. The second-order valence-electron chi connectivity index (χ2n) is 5.39. The Balaban J connectivity index is 2.30. The van der Waals surface area contributed by atoms with Gasteiger partial charge >= 0.3 is 0 Å². The summed E-state index contributed by atoms with van der Waals surface area (Å²) in [5, 5.41) is 13.0. The molecule has 0 aromatic carbocycles. The predicted octanol–water partition coefficient (Wildman–Crippen LogP) is 3.60. The molecule has 0 bridgehead atoms. The maximum Gasteiger partial charge on any atom is 0.224 e. The first kappa shape index (κ1) is 15.0. The summed E-state index contributed by atoms with van der Waals surface area (Å²) in [6, 6.07) is 2.25. The van der Waals surface area contributed by atoms with Gasteiger partial charge in [0.2, 0.25) is 5.91 Å². The van der Waals surface area contributed by atoms with E-state index in [0.29, 0.717) is 23.6 Å². The first-order valence-corrected chi connectivity index (χ1v) is 7.83. The fourth-order valence-corrected chi connectivity index (χ4v) is 3.43. The third kappa shape index (κ3) is 2.87. The van der Waals surface area contributed by atoms with Crippen molar-refractivity contribution >= 4 is 22.2 Å². The standard InChI is InChI=1S/C15H20N2O2S/c1-4-6-13(18)17-14-11(8-16)10-7-15(3,5-2)19-9-12(10)20-14/h4-7,9H2,1-3H3,(H,17,18)/t15-/m1/s1. The van der Waals surface area contributed by atoms with Crippen LogP contribution in [0.2, 0.25) is 0 Å². The molecule has 4 nitrogen and oxygen atoms in total. The van der Waals surface area contributed by atoms with E-state index in [1.54, 1.807) is 0 Å². The van der Waals surface area contributed by atoms with Crippen molar-refractivity contribution in [1.82, 2.24) is 0 Å². The largest absolute Gasteiger partial charge is 0.369 e. The number of hydrogen-bond donors (Lipinski definition) is 1. The highest BCUT2D eigenvalue weighted by atomic mass is 32.1. The average molecular weight is 292 g/mol. The zero-order valence-electron chi connectivity index (χ0n) is 12.2. The van der Waals surface area contributed by atoms with Crippen LogP contribution in [0.15, 0.2) is 0 Å². The third-order valence-corrected chi connectivity index (χ3v) is 4.90. The molecule has 0 spiro atoms. The van der Waals surface area contributed by atoms with E-state index in [1.807, 2.05) is 6.92 Å². The van der Waals surface area contributed by atoms with E-state index in [1.165, 1.54) is 11.3 Å². The van der Waals surface area contributed by atoms with Crippen molar-refractivity contribution in [1.29, 1.82) is 5.26 Å². The van der Waals surface area contributed by atoms with E-state index in [0.717, 1.165) is 29.7 Å². The molecule has 1 amide bonds. The molecular formula is C15H20N2O2S. The Morgan fingerprint density at radius 2 is 2.30 bits per heavy atom. The van der Waals surface area contributed by atoms with Gasteiger partial charge in [0.15, 0.2) is 0 Å². The summed E-state index contributed by atoms with van der Waals surface area (Å²) in [5.74, 6) is -0.0261. The third-order valence-electron chi connectivity index (χ3n) is 3.78. The lowest BCUT2D eigenvalue weighted by atomic mass is 9.90. The van der Waals surface area contributed by atoms with Crippen molar-refractivity contribution in [3.63, 3.8) is 0 Å². The molecule has 1 N–H and O–H groups in total. The van der Waals surface area contributed by atoms with Gasteiger partial charge in [-0.05, 0) is 25.3 Å². The molecule has 0 aliphatic carbocycles. The number of anilines is 1. The Kier molecular flexibility index (Phi) is 4.46. The number of carbonyl (C=O) groups excluding carboxylic acids is 1. The number of nitrogens with one attached hydrogen (secondary N) is 1. The van der Waals surface area contributed by atoms with Gasteiger partial charge < -0.3 is 10.1 Å². The van der Waals surface area contributed by atoms with Crippen LogP contribution in [0.1, 0.15) is 56.0 Å². The number of rotatable bonds is 4. The van der Waals surface area contributed by atoms with Crippen molar-refractivity contribution in [3.8, 4) is 6.07 Å². The fourth-order valence-electron chi connectivity index (χ4n) is 2.33. The highest BCUT2D eigenvalue weighted by molar-refractivity contribution is 7.16. The molecule has 0 saturated carbocycles. The van der Waals surface area contributed by atoms with Gasteiger partial charge in [0.1, 0.15) is 11.1 Å². The lowest BCUT2D eigenvalue weighted by Crippen LogP contribution is -2.34. The molecule has 2 heterocycles. The molecule has 1 aliphatic heterocycles. The van der Waals surface area contributed by atoms with Crippen molar-refractivity contribution in [3.05, 3.63) is 16.0 Å². The Morgan fingerprint density at radius 1 is 1.55 bits per heavy atom. The molecule has 0 unspecified atom stereocenters. The quantitative estimate of drug-likeness (QED) is 0.922. The lowest BCUT2D eigenvalue weighted by molar-refractivity contribution is -0.116. The van der Waals surface area contributed by atoms with Crippen molar-refractivity contribution < 1.29 is 9.53 Å². The van der Waals surface area contributed by atoms with Gasteiger partial charge in [0.25, 0.3) is 0 Å². The van der Waals surface area contributed by atoms with Gasteiger partial charge in [0.05, 0.1) is 17.8 Å². The number of carbonyl (C=O) groups is 1. The number of thiophene rings is 1. The number of ether oxygens (including phenoxy) is 1. The van der Waals surface area contributed by atoms with Gasteiger partial charge in [-0.25, -0.2) is 0 Å². The maximum atomic E-state index is 11.7. The summed E-state index contributed by atoms with van der Waals surface area (Å²) < 4.78 is 5.89. The van der Waals surface area contributed by atoms with E-state index in [4.69, 9.17) is 4.74 Å². The van der Waals surface area contributed by atoms with Gasteiger partial charge in [-0.1, -0.05) is 13.8 Å². The fraction of sp³-hybridized carbons (Fsp3) is 0.600. The average Bonchev–Trinajstić information content (AvgIpc) is 2.75. The van der Waals surface area contributed by atoms with Crippen LogP contribution in [0.4, 0.5) is 5.00 Å². The predicted molar refractivity (Wildman–Crippen MR) is 79.8 cm³/mol. The minimum Gasteiger partial charge on any atom is -0.369 e. The molecule has 108 valence electrons. The summed E-state index contributed by atoms with van der Waals surface area (Å²) in [6.07, 6.45) is 2.93. The molecular weight excluding hydrogens is 272 g/mol. The van der Waals surface area contributed by atoms with Crippen LogP contribution < -0.4 is 5.32 Å². The van der Waals surface area contributed by atoms with Crippen LogP contribution in [-0.4, -0.2) is 11.5 Å². The van der Waals surface area contributed by atoms with Crippen LogP contribution in [0.25, 0.3) is 0 Å². The first-order chi connectivity index (χ1) is 9.53. The SMILES string of the molecule is CCCC(=O)Nc1sc2c(c1C#N)C[C@@](C)(CC)OC2. The molecule has 1 aromatic heterocycles. The van der Waals surface area contributed by atoms with E-state index >= 15 is 0 Å². The number of amides is 1. The Hall–Kier alpha value is -1.38. The minimum atomic E-state index is -0.204. The van der Waals surface area contributed by atoms with E-state index in [9.17, 15) is 10.1 Å². The monoisotopic (exact) mass is 292 g/mol. The summed E-state index contributed by atoms with van der Waals surface area (Å²) in [7, 11) is 0. The van der Waals surface area contributed by atoms with Crippen LogP contribution in [-0.2, 0) is 22.6 Å². The molecule has 1 aliphatic rings. The van der Waals surface area contributed by atoms with Gasteiger partial charge in [-0.15, -0.1) is 11.3 Å². The summed E-state index contributed by atoms with van der Waals surface area (Å²) in [6.45, 7) is 6.66. The molecule has 2 rings (SSSR count). The molecule has 0 saturated heterocycles. The minimum absolute atomic E-state index is 0.0261. The van der Waals surface area contributed by atoms with E-state index in [-0.39, 0.29) is 11.5 Å². The molecule has 0 fully saturated rings. The van der Waals surface area contributed by atoms with Crippen LogP contribution in [0.3, 0.4) is 0 Å². The normalized spacial score (nSPS) is 21.1. The van der Waals surface area contributed by atoms with Gasteiger partial charge in [0, 0.05) is 17.7 Å². The zero-order valence-corrected chi connectivity index (χ0v) is 13.0. The molecule has 20 heavy (non-hydrogen) atoms. The van der Waals surface area contributed by atoms with Crippen molar-refractivity contribution in [2.24, 2.45) is 0 Å². The highest BCUT2D eigenvalue weighted by Crippen LogP contribution is 2.41. The first-order valence-electron chi connectivity index (χ1n) is 7.01. The van der Waals surface area contributed by atoms with E-state index in [2.05, 4.69) is 25.2 Å². The molecule has 0 radical (unpaired) electrons. The highest BCUT2D eigenvalue weighted by Gasteiger charge is 2.33. The topological polar surface area (TPSA) is 62.1 Å². The second-order valence-corrected chi connectivity index (χ2v) is 6.49. The smallest absolute Gasteiger partial charge is 0.224 e. The van der Waals surface area contributed by atoms with Crippen LogP contribution in [0.5, 0.6) is 0 Å². The number of fused-ring (bicyclic) bond motifs is 1. The Bertz CT molecular complexity index is 559. The number of nitriles is 1. The van der Waals surface area contributed by atoms with Gasteiger partial charge in [-0.3, -0.25) is 4.79 Å². The van der Waals surface area contributed by atoms with Crippen molar-refractivity contribution in [2.45, 2.75) is 58.7 Å². The Labute approximate surface area is 123 Å². The Morgan fingerprint density at radius 3 is 2.90 bits per heavy atom. The van der Waals surface area contributed by atoms with E-state index < -0.39 is 0 Å². The van der Waals surface area contributed by atoms with Gasteiger partial charge in [-0.2, -0.15) is 5.26 Å². The summed E-state index contributed by atoms with van der Waals surface area (Å²) in [5.41, 5.74) is 1.47. The summed E-state index contributed by atoms with van der Waals surface area (Å²) in [4.78, 5) is 12.8. The number of hydrogen-bond acceptors (Lipinski definition) is 4. The van der Waals surface area contributed by atoms with Crippen molar-refractivity contribution in [2.75, 3.05) is 5.32 Å². The lowest BCUT2D eigenvalue weighted by Gasteiger charge is -2.32. The second kappa shape index (κ2) is 5.94.